The number of aryl methyl sites for hydroxylation is 1. The molecule has 3 heterocycles. The lowest BCUT2D eigenvalue weighted by atomic mass is 10.0. The molecule has 1 N–H and O–H groups in total. The minimum atomic E-state index is -0.203. The molecule has 1 amide bonds. The van der Waals surface area contributed by atoms with Crippen molar-refractivity contribution < 1.29 is 9.53 Å². The smallest absolute Gasteiger partial charge is 0.409 e. The van der Waals surface area contributed by atoms with Crippen LogP contribution in [0.5, 0.6) is 0 Å². The standard InChI is InChI=1S/C19H31N5O2/c1-4-26-19(25)23-10-7-16(8-11-23)21-17-12-15(3)20-18(22-17)24-9-5-6-14(2)13-24/h12,14,16H,4-11,13H2,1-3H3,(H,20,21,22). The van der Waals surface area contributed by atoms with Crippen molar-refractivity contribution >= 4 is 17.9 Å². The van der Waals surface area contributed by atoms with E-state index in [0.717, 1.165) is 56.5 Å². The Kier molecular flexibility index (Phi) is 6.16. The average Bonchev–Trinajstić information content (AvgIpc) is 2.62. The number of hydrogen-bond acceptors (Lipinski definition) is 6. The first kappa shape index (κ1) is 18.7. The van der Waals surface area contributed by atoms with Crippen LogP contribution in [0.25, 0.3) is 0 Å². The summed E-state index contributed by atoms with van der Waals surface area (Å²) in [6, 6.07) is 2.33. The zero-order valence-corrected chi connectivity index (χ0v) is 16.2. The van der Waals surface area contributed by atoms with E-state index in [1.807, 2.05) is 19.9 Å². The first-order valence-corrected chi connectivity index (χ1v) is 9.84. The number of carbonyl (C=O) groups excluding carboxylic acids is 1. The van der Waals surface area contributed by atoms with Gasteiger partial charge in [-0.05, 0) is 45.4 Å². The molecule has 0 radical (unpaired) electrons. The van der Waals surface area contributed by atoms with Crippen molar-refractivity contribution in [2.45, 2.75) is 52.5 Å². The Hall–Kier alpha value is -2.05. The topological polar surface area (TPSA) is 70.6 Å². The van der Waals surface area contributed by atoms with Gasteiger partial charge in [-0.1, -0.05) is 6.92 Å². The quantitative estimate of drug-likeness (QED) is 0.889. The summed E-state index contributed by atoms with van der Waals surface area (Å²) in [6.07, 6.45) is 4.08. The highest BCUT2D eigenvalue weighted by Gasteiger charge is 2.24. The van der Waals surface area contributed by atoms with Crippen molar-refractivity contribution in [1.82, 2.24) is 14.9 Å². The lowest BCUT2D eigenvalue weighted by molar-refractivity contribution is 0.0983. The molecule has 1 unspecified atom stereocenters. The third-order valence-corrected chi connectivity index (χ3v) is 5.16. The van der Waals surface area contributed by atoms with Crippen molar-refractivity contribution in [1.29, 1.82) is 0 Å². The van der Waals surface area contributed by atoms with Gasteiger partial charge in [0.05, 0.1) is 6.61 Å². The number of hydrogen-bond donors (Lipinski definition) is 1. The maximum Gasteiger partial charge on any atom is 0.409 e. The average molecular weight is 361 g/mol. The van der Waals surface area contributed by atoms with Gasteiger partial charge in [0.15, 0.2) is 0 Å². The Labute approximate surface area is 156 Å². The predicted molar refractivity (Wildman–Crippen MR) is 103 cm³/mol. The van der Waals surface area contributed by atoms with Gasteiger partial charge < -0.3 is 19.9 Å². The maximum absolute atomic E-state index is 11.8. The van der Waals surface area contributed by atoms with Crippen LogP contribution >= 0.6 is 0 Å². The lowest BCUT2D eigenvalue weighted by Gasteiger charge is -2.33. The Morgan fingerprint density at radius 3 is 2.73 bits per heavy atom. The fourth-order valence-electron chi connectivity index (χ4n) is 3.77. The van der Waals surface area contributed by atoms with Crippen molar-refractivity contribution in [2.75, 3.05) is 43.0 Å². The number of nitrogens with one attached hydrogen (secondary N) is 1. The summed E-state index contributed by atoms with van der Waals surface area (Å²) in [5.41, 5.74) is 0.986. The highest BCUT2D eigenvalue weighted by atomic mass is 16.6. The number of anilines is 2. The number of amides is 1. The van der Waals surface area contributed by atoms with Gasteiger partial charge in [-0.2, -0.15) is 4.98 Å². The Bertz CT molecular complexity index is 616. The van der Waals surface area contributed by atoms with E-state index in [4.69, 9.17) is 9.72 Å². The molecule has 2 saturated heterocycles. The third-order valence-electron chi connectivity index (χ3n) is 5.16. The zero-order chi connectivity index (χ0) is 18.5. The van der Waals surface area contributed by atoms with Crippen LogP contribution < -0.4 is 10.2 Å². The van der Waals surface area contributed by atoms with Crippen molar-refractivity contribution in [3.8, 4) is 0 Å². The van der Waals surface area contributed by atoms with Crippen LogP contribution in [0.3, 0.4) is 0 Å². The van der Waals surface area contributed by atoms with Gasteiger partial charge in [0.25, 0.3) is 0 Å². The van der Waals surface area contributed by atoms with Crippen LogP contribution in [0, 0.1) is 12.8 Å². The van der Waals surface area contributed by atoms with Crippen molar-refractivity contribution in [2.24, 2.45) is 5.92 Å². The third kappa shape index (κ3) is 4.77. The number of aromatic nitrogens is 2. The van der Waals surface area contributed by atoms with E-state index < -0.39 is 0 Å². The summed E-state index contributed by atoms with van der Waals surface area (Å²) < 4.78 is 5.08. The maximum atomic E-state index is 11.8. The van der Waals surface area contributed by atoms with Gasteiger partial charge in [0.2, 0.25) is 5.95 Å². The fourth-order valence-corrected chi connectivity index (χ4v) is 3.77. The molecular formula is C19H31N5O2. The van der Waals surface area contributed by atoms with Gasteiger partial charge in [-0.25, -0.2) is 9.78 Å². The van der Waals surface area contributed by atoms with Crippen LogP contribution in [0.15, 0.2) is 6.07 Å². The van der Waals surface area contributed by atoms with E-state index >= 15 is 0 Å². The summed E-state index contributed by atoms with van der Waals surface area (Å²) in [4.78, 5) is 25.3. The second kappa shape index (κ2) is 8.56. The SMILES string of the molecule is CCOC(=O)N1CCC(Nc2cc(C)nc(N3CCCC(C)C3)n2)CC1. The molecule has 0 bridgehead atoms. The normalized spacial score (nSPS) is 21.6. The molecule has 0 aliphatic carbocycles. The van der Waals surface area contributed by atoms with Crippen LogP contribution in [0.1, 0.15) is 45.2 Å². The van der Waals surface area contributed by atoms with Gasteiger partial charge >= 0.3 is 6.09 Å². The van der Waals surface area contributed by atoms with Gasteiger partial charge in [0, 0.05) is 44.0 Å². The molecule has 2 aliphatic rings. The molecule has 0 saturated carbocycles. The lowest BCUT2D eigenvalue weighted by Crippen LogP contribution is -2.42. The Morgan fingerprint density at radius 1 is 1.27 bits per heavy atom. The summed E-state index contributed by atoms with van der Waals surface area (Å²) >= 11 is 0. The summed E-state index contributed by atoms with van der Waals surface area (Å²) in [6.45, 7) is 10.1. The molecule has 7 nitrogen and oxygen atoms in total. The molecule has 0 aromatic carbocycles. The largest absolute Gasteiger partial charge is 0.450 e. The number of ether oxygens (including phenoxy) is 1. The molecule has 2 fully saturated rings. The second-order valence-corrected chi connectivity index (χ2v) is 7.49. The molecule has 7 heteroatoms. The first-order chi connectivity index (χ1) is 12.5. The molecule has 1 aromatic rings. The summed E-state index contributed by atoms with van der Waals surface area (Å²) in [5, 5.41) is 3.55. The summed E-state index contributed by atoms with van der Waals surface area (Å²) in [5.74, 6) is 2.42. The summed E-state index contributed by atoms with van der Waals surface area (Å²) in [7, 11) is 0. The van der Waals surface area contributed by atoms with E-state index in [2.05, 4.69) is 22.1 Å². The highest BCUT2D eigenvalue weighted by Crippen LogP contribution is 2.23. The van der Waals surface area contributed by atoms with Crippen molar-refractivity contribution in [3.05, 3.63) is 11.8 Å². The van der Waals surface area contributed by atoms with Crippen molar-refractivity contribution in [3.63, 3.8) is 0 Å². The monoisotopic (exact) mass is 361 g/mol. The number of nitrogens with zero attached hydrogens (tertiary/aromatic N) is 4. The molecule has 3 rings (SSSR count). The number of rotatable bonds is 4. The van der Waals surface area contributed by atoms with E-state index in [1.165, 1.54) is 12.8 Å². The van der Waals surface area contributed by atoms with Crippen LogP contribution in [0.2, 0.25) is 0 Å². The Morgan fingerprint density at radius 2 is 2.04 bits per heavy atom. The van der Waals surface area contributed by atoms with Crippen LogP contribution in [-0.4, -0.2) is 59.8 Å². The number of carbonyl (C=O) groups is 1. The molecule has 1 aromatic heterocycles. The predicted octanol–water partition coefficient (Wildman–Crippen LogP) is 3.05. The molecular weight excluding hydrogens is 330 g/mol. The second-order valence-electron chi connectivity index (χ2n) is 7.49. The molecule has 1 atom stereocenters. The van der Waals surface area contributed by atoms with Gasteiger partial charge in [0.1, 0.15) is 5.82 Å². The van der Waals surface area contributed by atoms with E-state index in [9.17, 15) is 4.79 Å². The zero-order valence-electron chi connectivity index (χ0n) is 16.2. The molecule has 0 spiro atoms. The van der Waals surface area contributed by atoms with Gasteiger partial charge in [-0.15, -0.1) is 0 Å². The fraction of sp³-hybridized carbons (Fsp3) is 0.737. The number of piperidine rings is 2. The molecule has 26 heavy (non-hydrogen) atoms. The number of likely N-dealkylation sites (tertiary alicyclic amines) is 1. The Balaban J connectivity index is 1.59. The van der Waals surface area contributed by atoms with E-state index in [1.54, 1.807) is 4.90 Å². The molecule has 144 valence electrons. The minimum Gasteiger partial charge on any atom is -0.450 e. The van der Waals surface area contributed by atoms with Gasteiger partial charge in [-0.3, -0.25) is 0 Å². The highest BCUT2D eigenvalue weighted by molar-refractivity contribution is 5.67. The van der Waals surface area contributed by atoms with Crippen LogP contribution in [0.4, 0.5) is 16.6 Å². The molecule has 2 aliphatic heterocycles. The minimum absolute atomic E-state index is 0.203. The van der Waals surface area contributed by atoms with E-state index in [0.29, 0.717) is 18.6 Å². The van der Waals surface area contributed by atoms with E-state index in [-0.39, 0.29) is 6.09 Å². The van der Waals surface area contributed by atoms with Crippen LogP contribution in [-0.2, 0) is 4.74 Å². The first-order valence-electron chi connectivity index (χ1n) is 9.84.